The van der Waals surface area contributed by atoms with Gasteiger partial charge in [0.1, 0.15) is 0 Å². The molecule has 3 heteroatoms. The molecular formula is C17H27NO2. The van der Waals surface area contributed by atoms with Crippen molar-refractivity contribution in [3.8, 4) is 0 Å². The summed E-state index contributed by atoms with van der Waals surface area (Å²) in [7, 11) is 0. The Labute approximate surface area is 122 Å². The molecule has 0 bridgehead atoms. The summed E-state index contributed by atoms with van der Waals surface area (Å²) in [5.74, 6) is 0.814. The summed E-state index contributed by atoms with van der Waals surface area (Å²) in [6.07, 6.45) is 2.86. The molecule has 0 aromatic heterocycles. The van der Waals surface area contributed by atoms with Gasteiger partial charge in [0.05, 0.1) is 0 Å². The molecular weight excluding hydrogens is 250 g/mol. The molecule has 0 heterocycles. The summed E-state index contributed by atoms with van der Waals surface area (Å²) >= 11 is 0. The van der Waals surface area contributed by atoms with Gasteiger partial charge in [0.2, 0.25) is 0 Å². The number of aliphatic hydroxyl groups is 1. The molecule has 0 spiro atoms. The number of carbonyl (C=O) groups is 1. The van der Waals surface area contributed by atoms with Gasteiger partial charge in [-0.05, 0) is 42.4 Å². The Kier molecular flexibility index (Phi) is 7.31. The van der Waals surface area contributed by atoms with Crippen molar-refractivity contribution in [2.45, 2.75) is 46.0 Å². The smallest absolute Gasteiger partial charge is 0.251 e. The Bertz CT molecular complexity index is 392. The molecule has 0 saturated carbocycles. The van der Waals surface area contributed by atoms with E-state index in [-0.39, 0.29) is 12.5 Å². The van der Waals surface area contributed by atoms with Gasteiger partial charge in [-0.25, -0.2) is 0 Å². The zero-order valence-corrected chi connectivity index (χ0v) is 12.9. The summed E-state index contributed by atoms with van der Waals surface area (Å²) in [4.78, 5) is 12.1. The van der Waals surface area contributed by atoms with Gasteiger partial charge in [0, 0.05) is 18.7 Å². The molecule has 0 aliphatic heterocycles. The van der Waals surface area contributed by atoms with Crippen molar-refractivity contribution in [2.24, 2.45) is 5.92 Å². The van der Waals surface area contributed by atoms with Crippen LogP contribution in [0.1, 0.15) is 61.9 Å². The molecule has 1 aromatic carbocycles. The lowest BCUT2D eigenvalue weighted by Gasteiger charge is -2.15. The van der Waals surface area contributed by atoms with Crippen molar-refractivity contribution < 1.29 is 9.90 Å². The van der Waals surface area contributed by atoms with Crippen LogP contribution in [0.4, 0.5) is 0 Å². The lowest BCUT2D eigenvalue weighted by molar-refractivity contribution is 0.0943. The highest BCUT2D eigenvalue weighted by Crippen LogP contribution is 2.15. The zero-order chi connectivity index (χ0) is 15.0. The Balaban J connectivity index is 2.53. The molecule has 112 valence electrons. The predicted octanol–water partition coefficient (Wildman–Crippen LogP) is 3.34. The summed E-state index contributed by atoms with van der Waals surface area (Å²) in [6.45, 7) is 7.22. The van der Waals surface area contributed by atoms with E-state index in [1.165, 1.54) is 5.56 Å². The third-order valence-corrected chi connectivity index (χ3v) is 3.63. The number of nitrogens with one attached hydrogen (secondary N) is 1. The molecule has 0 fully saturated rings. The number of hydrogen-bond donors (Lipinski definition) is 2. The van der Waals surface area contributed by atoms with Crippen LogP contribution in [-0.4, -0.2) is 24.2 Å². The largest absolute Gasteiger partial charge is 0.396 e. The summed E-state index contributed by atoms with van der Waals surface area (Å²) in [5, 5.41) is 12.0. The van der Waals surface area contributed by atoms with Gasteiger partial charge in [0.15, 0.2) is 0 Å². The first-order valence-corrected chi connectivity index (χ1v) is 7.57. The van der Waals surface area contributed by atoms with E-state index in [9.17, 15) is 4.79 Å². The zero-order valence-electron chi connectivity index (χ0n) is 12.9. The molecule has 1 unspecified atom stereocenters. The minimum Gasteiger partial charge on any atom is -0.396 e. The van der Waals surface area contributed by atoms with E-state index in [4.69, 9.17) is 5.11 Å². The highest BCUT2D eigenvalue weighted by Gasteiger charge is 2.11. The van der Waals surface area contributed by atoms with E-state index >= 15 is 0 Å². The highest BCUT2D eigenvalue weighted by atomic mass is 16.3. The molecule has 0 aliphatic carbocycles. The first kappa shape index (κ1) is 16.7. The van der Waals surface area contributed by atoms with E-state index in [2.05, 4.69) is 26.1 Å². The number of rotatable bonds is 8. The van der Waals surface area contributed by atoms with Crippen LogP contribution in [0.3, 0.4) is 0 Å². The normalized spacial score (nSPS) is 12.4. The van der Waals surface area contributed by atoms with E-state index in [0.29, 0.717) is 23.9 Å². The maximum atomic E-state index is 12.1. The average Bonchev–Trinajstić information content (AvgIpc) is 2.45. The molecule has 2 N–H and O–H groups in total. The number of carbonyl (C=O) groups excluding carboxylic acids is 1. The van der Waals surface area contributed by atoms with E-state index in [1.807, 2.05) is 24.3 Å². The van der Waals surface area contributed by atoms with E-state index < -0.39 is 0 Å². The van der Waals surface area contributed by atoms with Gasteiger partial charge in [-0.2, -0.15) is 0 Å². The molecule has 1 atom stereocenters. The van der Waals surface area contributed by atoms with Crippen molar-refractivity contribution in [2.75, 3.05) is 13.2 Å². The van der Waals surface area contributed by atoms with Gasteiger partial charge in [-0.1, -0.05) is 39.3 Å². The Morgan fingerprint density at radius 3 is 2.35 bits per heavy atom. The van der Waals surface area contributed by atoms with Crippen molar-refractivity contribution in [3.05, 3.63) is 35.4 Å². The Hall–Kier alpha value is -1.35. The molecule has 3 nitrogen and oxygen atoms in total. The minimum atomic E-state index is -0.0284. The monoisotopic (exact) mass is 277 g/mol. The standard InChI is InChI=1S/C17H27NO2/c1-4-5-14(10-11-19)12-18-17(20)16-8-6-15(7-9-16)13(2)3/h6-9,13-14,19H,4-5,10-12H2,1-3H3,(H,18,20). The molecule has 0 aliphatic rings. The first-order valence-electron chi connectivity index (χ1n) is 7.57. The summed E-state index contributed by atoms with van der Waals surface area (Å²) in [5.41, 5.74) is 1.94. The van der Waals surface area contributed by atoms with Crippen LogP contribution in [-0.2, 0) is 0 Å². The minimum absolute atomic E-state index is 0.0284. The van der Waals surface area contributed by atoms with Crippen molar-refractivity contribution >= 4 is 5.91 Å². The SMILES string of the molecule is CCCC(CCO)CNC(=O)c1ccc(C(C)C)cc1. The van der Waals surface area contributed by atoms with Gasteiger partial charge < -0.3 is 10.4 Å². The van der Waals surface area contributed by atoms with Crippen molar-refractivity contribution in [3.63, 3.8) is 0 Å². The molecule has 1 aromatic rings. The number of aliphatic hydroxyl groups excluding tert-OH is 1. The fourth-order valence-electron chi connectivity index (χ4n) is 2.30. The fourth-order valence-corrected chi connectivity index (χ4v) is 2.30. The van der Waals surface area contributed by atoms with E-state index in [0.717, 1.165) is 19.3 Å². The topological polar surface area (TPSA) is 49.3 Å². The van der Waals surface area contributed by atoms with Crippen LogP contribution in [0.15, 0.2) is 24.3 Å². The van der Waals surface area contributed by atoms with Crippen LogP contribution >= 0.6 is 0 Å². The Morgan fingerprint density at radius 2 is 1.85 bits per heavy atom. The number of amides is 1. The van der Waals surface area contributed by atoms with Crippen LogP contribution < -0.4 is 5.32 Å². The van der Waals surface area contributed by atoms with Gasteiger partial charge >= 0.3 is 0 Å². The number of hydrogen-bond acceptors (Lipinski definition) is 2. The van der Waals surface area contributed by atoms with Gasteiger partial charge in [-0.15, -0.1) is 0 Å². The molecule has 1 amide bonds. The van der Waals surface area contributed by atoms with Gasteiger partial charge in [-0.3, -0.25) is 4.79 Å². The van der Waals surface area contributed by atoms with Crippen LogP contribution in [0.5, 0.6) is 0 Å². The quantitative estimate of drug-likeness (QED) is 0.765. The molecule has 20 heavy (non-hydrogen) atoms. The van der Waals surface area contributed by atoms with Crippen LogP contribution in [0, 0.1) is 5.92 Å². The lowest BCUT2D eigenvalue weighted by Crippen LogP contribution is -2.29. The maximum Gasteiger partial charge on any atom is 0.251 e. The average molecular weight is 277 g/mol. The summed E-state index contributed by atoms with van der Waals surface area (Å²) in [6, 6.07) is 7.78. The third-order valence-electron chi connectivity index (χ3n) is 3.63. The van der Waals surface area contributed by atoms with Gasteiger partial charge in [0.25, 0.3) is 5.91 Å². The number of benzene rings is 1. The van der Waals surface area contributed by atoms with Crippen LogP contribution in [0.2, 0.25) is 0 Å². The molecule has 0 radical (unpaired) electrons. The first-order chi connectivity index (χ1) is 9.58. The molecule has 0 saturated heterocycles. The highest BCUT2D eigenvalue weighted by molar-refractivity contribution is 5.94. The summed E-state index contributed by atoms with van der Waals surface area (Å²) < 4.78 is 0. The van der Waals surface area contributed by atoms with Crippen molar-refractivity contribution in [1.82, 2.24) is 5.32 Å². The second-order valence-corrected chi connectivity index (χ2v) is 5.65. The fraction of sp³-hybridized carbons (Fsp3) is 0.588. The second kappa shape index (κ2) is 8.75. The second-order valence-electron chi connectivity index (χ2n) is 5.65. The van der Waals surface area contributed by atoms with Crippen LogP contribution in [0.25, 0.3) is 0 Å². The molecule has 1 rings (SSSR count). The van der Waals surface area contributed by atoms with E-state index in [1.54, 1.807) is 0 Å². The predicted molar refractivity (Wildman–Crippen MR) is 83.0 cm³/mol. The lowest BCUT2D eigenvalue weighted by atomic mass is 9.99. The third kappa shape index (κ3) is 5.33. The maximum absolute atomic E-state index is 12.1. The Morgan fingerprint density at radius 1 is 1.20 bits per heavy atom. The van der Waals surface area contributed by atoms with Crippen molar-refractivity contribution in [1.29, 1.82) is 0 Å².